The molecule has 0 aromatic rings. The zero-order valence-electron chi connectivity index (χ0n) is 10.7. The predicted molar refractivity (Wildman–Crippen MR) is 69.6 cm³/mol. The Kier molecular flexibility index (Phi) is 5.90. The van der Waals surface area contributed by atoms with Gasteiger partial charge in [-0.15, -0.1) is 0 Å². The van der Waals surface area contributed by atoms with Gasteiger partial charge in [0.15, 0.2) is 0 Å². The van der Waals surface area contributed by atoms with Crippen LogP contribution >= 0.6 is 12.6 Å². The second-order valence-electron chi connectivity index (χ2n) is 4.34. The summed E-state index contributed by atoms with van der Waals surface area (Å²) in [4.78, 5) is 22.8. The molecule has 104 valence electrons. The topological polar surface area (TPSA) is 76.7 Å². The Hall–Kier alpha value is -0.790. The Bertz CT molecular complexity index is 305. The summed E-state index contributed by atoms with van der Waals surface area (Å²) in [6.45, 7) is 2.83. The SMILES string of the molecule is COC1(CNC(=O)C(CS)NC(C)=O)CCOC1. The summed E-state index contributed by atoms with van der Waals surface area (Å²) in [7, 11) is 1.60. The monoisotopic (exact) mass is 276 g/mol. The number of methoxy groups -OCH3 is 1. The largest absolute Gasteiger partial charge is 0.378 e. The van der Waals surface area contributed by atoms with Crippen LogP contribution in [0.1, 0.15) is 13.3 Å². The van der Waals surface area contributed by atoms with Crippen LogP contribution in [-0.2, 0) is 19.1 Å². The Morgan fingerprint density at radius 1 is 1.56 bits per heavy atom. The van der Waals surface area contributed by atoms with Crippen molar-refractivity contribution in [2.75, 3.05) is 32.6 Å². The maximum Gasteiger partial charge on any atom is 0.243 e. The Morgan fingerprint density at radius 3 is 2.72 bits per heavy atom. The lowest BCUT2D eigenvalue weighted by Crippen LogP contribution is -2.52. The lowest BCUT2D eigenvalue weighted by Gasteiger charge is -2.27. The van der Waals surface area contributed by atoms with Crippen LogP contribution in [0, 0.1) is 0 Å². The Morgan fingerprint density at radius 2 is 2.28 bits per heavy atom. The van der Waals surface area contributed by atoms with E-state index in [-0.39, 0.29) is 17.6 Å². The first kappa shape index (κ1) is 15.3. The summed E-state index contributed by atoms with van der Waals surface area (Å²) in [5.74, 6) is -0.264. The Labute approximate surface area is 112 Å². The van der Waals surface area contributed by atoms with E-state index in [9.17, 15) is 9.59 Å². The van der Waals surface area contributed by atoms with Gasteiger partial charge in [-0.25, -0.2) is 0 Å². The van der Waals surface area contributed by atoms with Gasteiger partial charge in [-0.1, -0.05) is 0 Å². The maximum absolute atomic E-state index is 11.9. The number of hydrogen-bond donors (Lipinski definition) is 3. The summed E-state index contributed by atoms with van der Waals surface area (Å²) in [5, 5.41) is 5.30. The average Bonchev–Trinajstić information content (AvgIpc) is 2.82. The molecule has 1 fully saturated rings. The highest BCUT2D eigenvalue weighted by Crippen LogP contribution is 2.21. The quantitative estimate of drug-likeness (QED) is 0.563. The van der Waals surface area contributed by atoms with E-state index in [1.54, 1.807) is 7.11 Å². The van der Waals surface area contributed by atoms with E-state index < -0.39 is 11.6 Å². The fourth-order valence-corrected chi connectivity index (χ4v) is 2.03. The third-order valence-electron chi connectivity index (χ3n) is 2.96. The molecule has 0 bridgehead atoms. The van der Waals surface area contributed by atoms with Gasteiger partial charge in [0.25, 0.3) is 0 Å². The summed E-state index contributed by atoms with van der Waals surface area (Å²) in [5.41, 5.74) is -0.451. The van der Waals surface area contributed by atoms with Gasteiger partial charge in [0.1, 0.15) is 11.6 Å². The maximum atomic E-state index is 11.9. The third kappa shape index (κ3) is 4.15. The first-order valence-electron chi connectivity index (χ1n) is 5.81. The highest BCUT2D eigenvalue weighted by Gasteiger charge is 2.35. The van der Waals surface area contributed by atoms with E-state index in [4.69, 9.17) is 9.47 Å². The number of amides is 2. The van der Waals surface area contributed by atoms with E-state index in [1.165, 1.54) is 6.92 Å². The van der Waals surface area contributed by atoms with Crippen molar-refractivity contribution in [3.05, 3.63) is 0 Å². The van der Waals surface area contributed by atoms with Crippen molar-refractivity contribution in [3.8, 4) is 0 Å². The number of ether oxygens (including phenoxy) is 2. The smallest absolute Gasteiger partial charge is 0.243 e. The molecule has 2 amide bonds. The van der Waals surface area contributed by atoms with Gasteiger partial charge in [-0.3, -0.25) is 9.59 Å². The molecule has 1 heterocycles. The molecule has 1 saturated heterocycles. The average molecular weight is 276 g/mol. The van der Waals surface area contributed by atoms with E-state index in [1.807, 2.05) is 0 Å². The van der Waals surface area contributed by atoms with Crippen LogP contribution in [0.2, 0.25) is 0 Å². The minimum atomic E-state index is -0.623. The molecule has 0 aliphatic carbocycles. The zero-order valence-corrected chi connectivity index (χ0v) is 11.6. The highest BCUT2D eigenvalue weighted by molar-refractivity contribution is 7.80. The van der Waals surface area contributed by atoms with Gasteiger partial charge in [-0.2, -0.15) is 12.6 Å². The van der Waals surface area contributed by atoms with Crippen molar-refractivity contribution < 1.29 is 19.1 Å². The van der Waals surface area contributed by atoms with Crippen molar-refractivity contribution in [3.63, 3.8) is 0 Å². The van der Waals surface area contributed by atoms with Crippen LogP contribution < -0.4 is 10.6 Å². The molecule has 7 heteroatoms. The van der Waals surface area contributed by atoms with Crippen molar-refractivity contribution in [1.82, 2.24) is 10.6 Å². The second-order valence-corrected chi connectivity index (χ2v) is 4.71. The Balaban J connectivity index is 2.45. The van der Waals surface area contributed by atoms with Crippen LogP contribution in [0.5, 0.6) is 0 Å². The summed E-state index contributed by atoms with van der Waals surface area (Å²) >= 11 is 4.04. The molecule has 2 unspecified atom stereocenters. The first-order chi connectivity index (χ1) is 8.53. The molecular formula is C11H20N2O4S. The van der Waals surface area contributed by atoms with Crippen LogP contribution in [0.25, 0.3) is 0 Å². The molecule has 18 heavy (non-hydrogen) atoms. The third-order valence-corrected chi connectivity index (χ3v) is 3.33. The summed E-state index contributed by atoms with van der Waals surface area (Å²) in [6.07, 6.45) is 0.745. The normalized spacial score (nSPS) is 24.6. The number of rotatable bonds is 6. The first-order valence-corrected chi connectivity index (χ1v) is 6.45. The molecule has 2 atom stereocenters. The highest BCUT2D eigenvalue weighted by atomic mass is 32.1. The standard InChI is InChI=1S/C11H20N2O4S/c1-8(14)13-9(5-18)10(15)12-6-11(16-2)3-4-17-7-11/h9,18H,3-7H2,1-2H3,(H,12,15)(H,13,14). The molecule has 1 aliphatic heterocycles. The molecule has 1 aliphatic rings. The van der Waals surface area contributed by atoms with Gasteiger partial charge in [-0.05, 0) is 0 Å². The van der Waals surface area contributed by atoms with Crippen molar-refractivity contribution in [2.24, 2.45) is 0 Å². The lowest BCUT2D eigenvalue weighted by molar-refractivity contribution is -0.128. The predicted octanol–water partition coefficient (Wildman–Crippen LogP) is -0.657. The van der Waals surface area contributed by atoms with Crippen molar-refractivity contribution >= 4 is 24.4 Å². The molecule has 0 radical (unpaired) electrons. The van der Waals surface area contributed by atoms with E-state index in [0.29, 0.717) is 19.8 Å². The van der Waals surface area contributed by atoms with Gasteiger partial charge in [0.05, 0.1) is 6.61 Å². The fourth-order valence-electron chi connectivity index (χ4n) is 1.77. The van der Waals surface area contributed by atoms with Gasteiger partial charge in [0.2, 0.25) is 11.8 Å². The number of hydrogen-bond acceptors (Lipinski definition) is 5. The fraction of sp³-hybridized carbons (Fsp3) is 0.818. The molecule has 0 spiro atoms. The molecule has 0 aromatic heterocycles. The summed E-state index contributed by atoms with van der Waals surface area (Å²) < 4.78 is 10.7. The second kappa shape index (κ2) is 6.96. The molecular weight excluding hydrogens is 256 g/mol. The number of nitrogens with one attached hydrogen (secondary N) is 2. The van der Waals surface area contributed by atoms with Crippen LogP contribution in [0.3, 0.4) is 0 Å². The molecule has 0 saturated carbocycles. The van der Waals surface area contributed by atoms with Crippen molar-refractivity contribution in [1.29, 1.82) is 0 Å². The summed E-state index contributed by atoms with van der Waals surface area (Å²) in [6, 6.07) is -0.623. The zero-order chi connectivity index (χ0) is 13.6. The van der Waals surface area contributed by atoms with E-state index in [0.717, 1.165) is 6.42 Å². The van der Waals surface area contributed by atoms with Crippen LogP contribution in [0.4, 0.5) is 0 Å². The minimum Gasteiger partial charge on any atom is -0.378 e. The minimum absolute atomic E-state index is 0.252. The van der Waals surface area contributed by atoms with E-state index >= 15 is 0 Å². The van der Waals surface area contributed by atoms with Crippen LogP contribution in [0.15, 0.2) is 0 Å². The van der Waals surface area contributed by atoms with Gasteiger partial charge in [0, 0.05) is 39.4 Å². The lowest BCUT2D eigenvalue weighted by atomic mass is 10.0. The molecule has 6 nitrogen and oxygen atoms in total. The molecule has 0 aromatic carbocycles. The van der Waals surface area contributed by atoms with Gasteiger partial charge < -0.3 is 20.1 Å². The number of carbonyl (C=O) groups excluding carboxylic acids is 2. The number of carbonyl (C=O) groups is 2. The van der Waals surface area contributed by atoms with E-state index in [2.05, 4.69) is 23.3 Å². The van der Waals surface area contributed by atoms with Gasteiger partial charge >= 0.3 is 0 Å². The van der Waals surface area contributed by atoms with Crippen molar-refractivity contribution in [2.45, 2.75) is 25.0 Å². The van der Waals surface area contributed by atoms with Crippen LogP contribution in [-0.4, -0.2) is 56.1 Å². The molecule has 1 rings (SSSR count). The number of thiol groups is 1. The molecule has 2 N–H and O–H groups in total.